The fourth-order valence-corrected chi connectivity index (χ4v) is 3.08. The smallest absolute Gasteiger partial charge is 0.256 e. The van der Waals surface area contributed by atoms with Gasteiger partial charge in [0.25, 0.3) is 5.91 Å². The number of benzene rings is 3. The number of halogens is 1. The van der Waals surface area contributed by atoms with Crippen LogP contribution in [-0.4, -0.2) is 5.91 Å². The van der Waals surface area contributed by atoms with Gasteiger partial charge in [0.2, 0.25) is 0 Å². The Labute approximate surface area is 149 Å². The van der Waals surface area contributed by atoms with Crippen LogP contribution in [0.15, 0.2) is 78.9 Å². The molecule has 0 unspecified atom stereocenters. The van der Waals surface area contributed by atoms with Gasteiger partial charge in [-0.15, -0.1) is 0 Å². The van der Waals surface area contributed by atoms with Crippen LogP contribution in [0.5, 0.6) is 0 Å². The topological polar surface area (TPSA) is 29.1 Å². The van der Waals surface area contributed by atoms with Crippen LogP contribution in [0.3, 0.4) is 0 Å². The van der Waals surface area contributed by atoms with Crippen LogP contribution in [-0.2, 0) is 6.42 Å². The van der Waals surface area contributed by atoms with E-state index in [1.807, 2.05) is 60.7 Å². The zero-order valence-electron chi connectivity index (χ0n) is 12.5. The number of hydrogen-bond acceptors (Lipinski definition) is 1. The van der Waals surface area contributed by atoms with Gasteiger partial charge in [0.05, 0.1) is 5.56 Å². The molecule has 2 nitrogen and oxygen atoms in total. The Bertz CT molecular complexity index is 815. The molecule has 3 heteroatoms. The Morgan fingerprint density at radius 1 is 0.826 bits per heavy atom. The van der Waals surface area contributed by atoms with Crippen LogP contribution >= 0.6 is 22.6 Å². The average Bonchev–Trinajstić information content (AvgIpc) is 2.58. The van der Waals surface area contributed by atoms with E-state index in [1.54, 1.807) is 0 Å². The van der Waals surface area contributed by atoms with Gasteiger partial charge in [-0.05, 0) is 58.3 Å². The molecule has 114 valence electrons. The molecule has 0 bridgehead atoms. The Balaban J connectivity index is 1.84. The maximum Gasteiger partial charge on any atom is 0.256 e. The lowest BCUT2D eigenvalue weighted by atomic mass is 10.0. The molecule has 0 aliphatic heterocycles. The first-order chi connectivity index (χ1) is 11.2. The Morgan fingerprint density at radius 3 is 2.26 bits per heavy atom. The van der Waals surface area contributed by atoms with Crippen molar-refractivity contribution in [3.8, 4) is 0 Å². The first kappa shape index (κ1) is 15.7. The normalized spacial score (nSPS) is 10.3. The minimum Gasteiger partial charge on any atom is -0.322 e. The summed E-state index contributed by atoms with van der Waals surface area (Å²) < 4.78 is 0.947. The molecule has 3 aromatic rings. The van der Waals surface area contributed by atoms with Crippen molar-refractivity contribution in [3.63, 3.8) is 0 Å². The summed E-state index contributed by atoms with van der Waals surface area (Å²) in [5.41, 5.74) is 3.89. The summed E-state index contributed by atoms with van der Waals surface area (Å²) in [6.45, 7) is 0. The molecule has 23 heavy (non-hydrogen) atoms. The maximum atomic E-state index is 12.5. The summed E-state index contributed by atoms with van der Waals surface area (Å²) in [5.74, 6) is -0.0736. The monoisotopic (exact) mass is 413 g/mol. The molecule has 0 aliphatic carbocycles. The van der Waals surface area contributed by atoms with Gasteiger partial charge in [0.1, 0.15) is 0 Å². The van der Waals surface area contributed by atoms with Crippen molar-refractivity contribution in [1.29, 1.82) is 0 Å². The first-order valence-electron chi connectivity index (χ1n) is 7.42. The predicted octanol–water partition coefficient (Wildman–Crippen LogP) is 5.13. The highest BCUT2D eigenvalue weighted by atomic mass is 127. The highest BCUT2D eigenvalue weighted by molar-refractivity contribution is 14.1. The van der Waals surface area contributed by atoms with Gasteiger partial charge >= 0.3 is 0 Å². The largest absolute Gasteiger partial charge is 0.322 e. The minimum absolute atomic E-state index is 0.0736. The molecule has 0 spiro atoms. The molecule has 0 radical (unpaired) electrons. The SMILES string of the molecule is O=C(Nc1ccccc1Cc1ccccc1)c1ccccc1I. The number of carbonyl (C=O) groups is 1. The van der Waals surface area contributed by atoms with E-state index in [4.69, 9.17) is 0 Å². The lowest BCUT2D eigenvalue weighted by molar-refractivity contribution is 0.102. The fraction of sp³-hybridized carbons (Fsp3) is 0.0500. The molecule has 0 saturated carbocycles. The van der Waals surface area contributed by atoms with Crippen molar-refractivity contribution >= 4 is 34.2 Å². The van der Waals surface area contributed by atoms with E-state index in [0.717, 1.165) is 21.2 Å². The minimum atomic E-state index is -0.0736. The van der Waals surface area contributed by atoms with E-state index in [-0.39, 0.29) is 5.91 Å². The summed E-state index contributed by atoms with van der Waals surface area (Å²) in [6.07, 6.45) is 0.795. The Hall–Kier alpha value is -2.14. The molecule has 0 fully saturated rings. The molecule has 0 atom stereocenters. The molecular formula is C20H16INO. The van der Waals surface area contributed by atoms with Crippen molar-refractivity contribution in [2.24, 2.45) is 0 Å². The fourth-order valence-electron chi connectivity index (χ4n) is 2.45. The molecule has 3 rings (SSSR count). The summed E-state index contributed by atoms with van der Waals surface area (Å²) in [6, 6.07) is 25.8. The molecular weight excluding hydrogens is 397 g/mol. The summed E-state index contributed by atoms with van der Waals surface area (Å²) in [7, 11) is 0. The first-order valence-corrected chi connectivity index (χ1v) is 8.49. The van der Waals surface area contributed by atoms with E-state index >= 15 is 0 Å². The number of carbonyl (C=O) groups excluding carboxylic acids is 1. The van der Waals surface area contributed by atoms with Gasteiger partial charge in [-0.25, -0.2) is 0 Å². The quantitative estimate of drug-likeness (QED) is 0.590. The lowest BCUT2D eigenvalue weighted by Gasteiger charge is -2.12. The third kappa shape index (κ3) is 3.99. The van der Waals surface area contributed by atoms with E-state index < -0.39 is 0 Å². The number of rotatable bonds is 4. The maximum absolute atomic E-state index is 12.5. The van der Waals surface area contributed by atoms with Crippen molar-refractivity contribution < 1.29 is 4.79 Å². The van der Waals surface area contributed by atoms with Crippen LogP contribution in [0.2, 0.25) is 0 Å². The second kappa shape index (κ2) is 7.42. The molecule has 0 aliphatic rings. The van der Waals surface area contributed by atoms with E-state index in [0.29, 0.717) is 5.56 Å². The second-order valence-electron chi connectivity index (χ2n) is 5.25. The van der Waals surface area contributed by atoms with Gasteiger partial charge in [0.15, 0.2) is 0 Å². The van der Waals surface area contributed by atoms with Gasteiger partial charge in [-0.3, -0.25) is 4.79 Å². The van der Waals surface area contributed by atoms with Gasteiger partial charge in [-0.1, -0.05) is 60.7 Å². The van der Waals surface area contributed by atoms with Gasteiger partial charge < -0.3 is 5.32 Å². The van der Waals surface area contributed by atoms with Crippen molar-refractivity contribution in [2.75, 3.05) is 5.32 Å². The molecule has 1 N–H and O–H groups in total. The van der Waals surface area contributed by atoms with Crippen LogP contribution in [0, 0.1) is 3.57 Å². The van der Waals surface area contributed by atoms with Crippen molar-refractivity contribution in [1.82, 2.24) is 0 Å². The zero-order valence-corrected chi connectivity index (χ0v) is 14.7. The van der Waals surface area contributed by atoms with Crippen LogP contribution in [0.25, 0.3) is 0 Å². The number of hydrogen-bond donors (Lipinski definition) is 1. The molecule has 0 aromatic heterocycles. The average molecular weight is 413 g/mol. The number of para-hydroxylation sites is 1. The predicted molar refractivity (Wildman–Crippen MR) is 103 cm³/mol. The molecule has 0 saturated heterocycles. The van der Waals surface area contributed by atoms with Crippen molar-refractivity contribution in [2.45, 2.75) is 6.42 Å². The Kier molecular flexibility index (Phi) is 5.08. The van der Waals surface area contributed by atoms with Gasteiger partial charge in [0, 0.05) is 9.26 Å². The number of anilines is 1. The third-order valence-corrected chi connectivity index (χ3v) is 4.56. The summed E-state index contributed by atoms with van der Waals surface area (Å²) >= 11 is 2.18. The Morgan fingerprint density at radius 2 is 1.48 bits per heavy atom. The summed E-state index contributed by atoms with van der Waals surface area (Å²) in [4.78, 5) is 12.5. The summed E-state index contributed by atoms with van der Waals surface area (Å²) in [5, 5.41) is 3.04. The highest BCUT2D eigenvalue weighted by Crippen LogP contribution is 2.21. The number of nitrogens with one attached hydrogen (secondary N) is 1. The van der Waals surface area contributed by atoms with Crippen LogP contribution in [0.4, 0.5) is 5.69 Å². The van der Waals surface area contributed by atoms with E-state index in [9.17, 15) is 4.79 Å². The molecule has 1 amide bonds. The van der Waals surface area contributed by atoms with Crippen LogP contribution in [0.1, 0.15) is 21.5 Å². The van der Waals surface area contributed by atoms with E-state index in [1.165, 1.54) is 5.56 Å². The second-order valence-corrected chi connectivity index (χ2v) is 6.42. The molecule has 3 aromatic carbocycles. The van der Waals surface area contributed by atoms with E-state index in [2.05, 4.69) is 46.1 Å². The molecule has 0 heterocycles. The van der Waals surface area contributed by atoms with Crippen LogP contribution < -0.4 is 5.32 Å². The lowest BCUT2D eigenvalue weighted by Crippen LogP contribution is -2.14. The third-order valence-electron chi connectivity index (χ3n) is 3.62. The number of amides is 1. The van der Waals surface area contributed by atoms with Gasteiger partial charge in [-0.2, -0.15) is 0 Å². The zero-order chi connectivity index (χ0) is 16.1. The van der Waals surface area contributed by atoms with Crippen molar-refractivity contribution in [3.05, 3.63) is 99.1 Å². The highest BCUT2D eigenvalue weighted by Gasteiger charge is 2.11. The standard InChI is InChI=1S/C20H16INO/c21-18-12-6-5-11-17(18)20(23)22-19-13-7-4-10-16(19)14-15-8-2-1-3-9-15/h1-13H,14H2,(H,22,23).